The number of sulfonamides is 1. The second-order valence-corrected chi connectivity index (χ2v) is 7.78. The molecule has 0 heterocycles. The molecule has 1 amide bonds. The van der Waals surface area contributed by atoms with Gasteiger partial charge in [0, 0.05) is 18.2 Å². The lowest BCUT2D eigenvalue weighted by atomic mass is 9.83. The minimum Gasteiger partial charge on any atom is -0.327 e. The molecule has 0 aliphatic heterocycles. The quantitative estimate of drug-likeness (QED) is 0.761. The summed E-state index contributed by atoms with van der Waals surface area (Å²) in [6, 6.07) is 3.79. The van der Waals surface area contributed by atoms with E-state index >= 15 is 0 Å². The number of amides is 1. The first-order chi connectivity index (χ1) is 10.7. The smallest absolute Gasteiger partial charge is 0.229 e. The van der Waals surface area contributed by atoms with Crippen molar-refractivity contribution in [3.05, 3.63) is 24.0 Å². The molecule has 1 saturated carbocycles. The van der Waals surface area contributed by atoms with Gasteiger partial charge in [-0.05, 0) is 37.0 Å². The predicted octanol–water partition coefficient (Wildman–Crippen LogP) is 2.04. The molecule has 0 spiro atoms. The van der Waals surface area contributed by atoms with Gasteiger partial charge in [0.05, 0.1) is 11.9 Å². The zero-order chi connectivity index (χ0) is 17.0. The van der Waals surface area contributed by atoms with E-state index in [2.05, 4.69) is 10.0 Å². The SMILES string of the molecule is CS(=O)(=O)Nc1cc(NC(=O)CC2CCCCC2N)ccc1F. The molecule has 8 heteroatoms. The Morgan fingerprint density at radius 2 is 2.04 bits per heavy atom. The Morgan fingerprint density at radius 1 is 1.35 bits per heavy atom. The molecule has 1 aliphatic carbocycles. The first kappa shape index (κ1) is 17.7. The number of nitrogens with two attached hydrogens (primary N) is 1. The van der Waals surface area contributed by atoms with E-state index in [9.17, 15) is 17.6 Å². The van der Waals surface area contributed by atoms with Gasteiger partial charge < -0.3 is 11.1 Å². The van der Waals surface area contributed by atoms with Crippen LogP contribution in [-0.2, 0) is 14.8 Å². The van der Waals surface area contributed by atoms with E-state index in [1.165, 1.54) is 12.1 Å². The third-order valence-corrected chi connectivity index (χ3v) is 4.55. The molecule has 4 N–H and O–H groups in total. The van der Waals surface area contributed by atoms with Gasteiger partial charge in [-0.25, -0.2) is 12.8 Å². The lowest BCUT2D eigenvalue weighted by Gasteiger charge is -2.27. The highest BCUT2D eigenvalue weighted by Gasteiger charge is 2.24. The fraction of sp³-hybridized carbons (Fsp3) is 0.533. The number of hydrogen-bond acceptors (Lipinski definition) is 4. The minimum atomic E-state index is -3.59. The average molecular weight is 343 g/mol. The summed E-state index contributed by atoms with van der Waals surface area (Å²) in [7, 11) is -3.59. The molecule has 1 fully saturated rings. The van der Waals surface area contributed by atoms with Crippen molar-refractivity contribution in [2.45, 2.75) is 38.1 Å². The zero-order valence-electron chi connectivity index (χ0n) is 13.0. The average Bonchev–Trinajstić information content (AvgIpc) is 2.43. The maximum atomic E-state index is 13.6. The highest BCUT2D eigenvalue weighted by molar-refractivity contribution is 7.92. The summed E-state index contributed by atoms with van der Waals surface area (Å²) >= 11 is 0. The molecular weight excluding hydrogens is 321 g/mol. The van der Waals surface area contributed by atoms with E-state index in [1.807, 2.05) is 0 Å². The molecule has 2 unspecified atom stereocenters. The Balaban J connectivity index is 2.02. The van der Waals surface area contributed by atoms with Crippen molar-refractivity contribution < 1.29 is 17.6 Å². The van der Waals surface area contributed by atoms with Gasteiger partial charge in [-0.2, -0.15) is 0 Å². The fourth-order valence-corrected chi connectivity index (χ4v) is 3.38. The maximum Gasteiger partial charge on any atom is 0.229 e. The van der Waals surface area contributed by atoms with Gasteiger partial charge >= 0.3 is 0 Å². The van der Waals surface area contributed by atoms with Crippen LogP contribution in [0.3, 0.4) is 0 Å². The molecule has 0 bridgehead atoms. The number of nitrogens with one attached hydrogen (secondary N) is 2. The molecular formula is C15H22FN3O3S. The standard InChI is InChI=1S/C15H22FN3O3S/c1-23(21,22)19-14-9-11(6-7-12(14)16)18-15(20)8-10-4-2-3-5-13(10)17/h6-7,9-10,13,19H,2-5,8,17H2,1H3,(H,18,20). The van der Waals surface area contributed by atoms with Crippen LogP contribution in [0.25, 0.3) is 0 Å². The summed E-state index contributed by atoms with van der Waals surface area (Å²) in [5.74, 6) is -0.759. The Kier molecular flexibility index (Phi) is 5.59. The van der Waals surface area contributed by atoms with Crippen molar-refractivity contribution >= 4 is 27.3 Å². The number of benzene rings is 1. The topological polar surface area (TPSA) is 101 Å². The molecule has 23 heavy (non-hydrogen) atoms. The Hall–Kier alpha value is -1.67. The highest BCUT2D eigenvalue weighted by atomic mass is 32.2. The summed E-state index contributed by atoms with van der Waals surface area (Å²) in [6.45, 7) is 0. The van der Waals surface area contributed by atoms with Gasteiger partial charge in [0.1, 0.15) is 5.82 Å². The zero-order valence-corrected chi connectivity index (χ0v) is 13.8. The second-order valence-electron chi connectivity index (χ2n) is 6.03. The normalized spacial score (nSPS) is 21.7. The Bertz CT molecular complexity index is 679. The maximum absolute atomic E-state index is 13.6. The summed E-state index contributed by atoms with van der Waals surface area (Å²) < 4.78 is 38.1. The van der Waals surface area contributed by atoms with Crippen LogP contribution in [0.4, 0.5) is 15.8 Å². The number of halogens is 1. The van der Waals surface area contributed by atoms with Crippen LogP contribution in [0, 0.1) is 11.7 Å². The van der Waals surface area contributed by atoms with Crippen molar-refractivity contribution in [1.29, 1.82) is 0 Å². The van der Waals surface area contributed by atoms with Crippen molar-refractivity contribution in [2.24, 2.45) is 11.7 Å². The van der Waals surface area contributed by atoms with E-state index in [-0.39, 0.29) is 23.6 Å². The van der Waals surface area contributed by atoms with Crippen LogP contribution < -0.4 is 15.8 Å². The van der Waals surface area contributed by atoms with Gasteiger partial charge in [-0.3, -0.25) is 9.52 Å². The minimum absolute atomic E-state index is 0.0326. The fourth-order valence-electron chi connectivity index (χ4n) is 2.82. The highest BCUT2D eigenvalue weighted by Crippen LogP contribution is 2.26. The van der Waals surface area contributed by atoms with E-state index in [1.54, 1.807) is 0 Å². The lowest BCUT2D eigenvalue weighted by Crippen LogP contribution is -2.35. The molecule has 0 aromatic heterocycles. The predicted molar refractivity (Wildman–Crippen MR) is 88.0 cm³/mol. The number of carbonyl (C=O) groups excluding carboxylic acids is 1. The van der Waals surface area contributed by atoms with E-state index < -0.39 is 15.8 Å². The second kappa shape index (κ2) is 7.27. The van der Waals surface area contributed by atoms with E-state index in [4.69, 9.17) is 5.73 Å². The number of hydrogen-bond donors (Lipinski definition) is 3. The van der Waals surface area contributed by atoms with Crippen LogP contribution in [0.5, 0.6) is 0 Å². The molecule has 0 saturated heterocycles. The van der Waals surface area contributed by atoms with Crippen LogP contribution in [0.1, 0.15) is 32.1 Å². The molecule has 0 radical (unpaired) electrons. The van der Waals surface area contributed by atoms with Crippen LogP contribution in [0.2, 0.25) is 0 Å². The van der Waals surface area contributed by atoms with Crippen molar-refractivity contribution in [3.8, 4) is 0 Å². The van der Waals surface area contributed by atoms with Gasteiger partial charge in [-0.1, -0.05) is 12.8 Å². The van der Waals surface area contributed by atoms with Crippen molar-refractivity contribution in [2.75, 3.05) is 16.3 Å². The van der Waals surface area contributed by atoms with E-state index in [0.29, 0.717) is 12.1 Å². The van der Waals surface area contributed by atoms with E-state index in [0.717, 1.165) is 38.0 Å². The molecule has 128 valence electrons. The third kappa shape index (κ3) is 5.47. The molecule has 2 rings (SSSR count). The molecule has 1 aliphatic rings. The first-order valence-corrected chi connectivity index (χ1v) is 9.46. The summed E-state index contributed by atoms with van der Waals surface area (Å²) in [6.07, 6.45) is 5.27. The number of carbonyl (C=O) groups is 1. The van der Waals surface area contributed by atoms with Gasteiger partial charge in [0.2, 0.25) is 15.9 Å². The van der Waals surface area contributed by atoms with Crippen molar-refractivity contribution in [3.63, 3.8) is 0 Å². The molecule has 1 aromatic rings. The van der Waals surface area contributed by atoms with Gasteiger partial charge in [0.25, 0.3) is 0 Å². The monoisotopic (exact) mass is 343 g/mol. The molecule has 1 aromatic carbocycles. The van der Waals surface area contributed by atoms with Gasteiger partial charge in [0.15, 0.2) is 0 Å². The largest absolute Gasteiger partial charge is 0.327 e. The lowest BCUT2D eigenvalue weighted by molar-refractivity contribution is -0.117. The van der Waals surface area contributed by atoms with Crippen LogP contribution in [0.15, 0.2) is 18.2 Å². The summed E-state index contributed by atoms with van der Waals surface area (Å²) in [5, 5.41) is 2.67. The molecule has 2 atom stereocenters. The molecule has 6 nitrogen and oxygen atoms in total. The number of anilines is 2. The number of rotatable bonds is 5. The summed E-state index contributed by atoms with van der Waals surface area (Å²) in [4.78, 5) is 12.1. The Morgan fingerprint density at radius 3 is 2.70 bits per heavy atom. The van der Waals surface area contributed by atoms with Crippen LogP contribution in [-0.4, -0.2) is 26.6 Å². The third-order valence-electron chi connectivity index (χ3n) is 3.96. The van der Waals surface area contributed by atoms with Crippen LogP contribution >= 0.6 is 0 Å². The van der Waals surface area contributed by atoms with Gasteiger partial charge in [-0.15, -0.1) is 0 Å². The first-order valence-electron chi connectivity index (χ1n) is 7.57. The van der Waals surface area contributed by atoms with Crippen molar-refractivity contribution in [1.82, 2.24) is 0 Å². The Labute approximate surface area is 135 Å². The summed E-state index contributed by atoms with van der Waals surface area (Å²) in [5.41, 5.74) is 6.17.